The van der Waals surface area contributed by atoms with Gasteiger partial charge in [0.25, 0.3) is 5.56 Å². The smallest absolute Gasteiger partial charge is 0.275 e. The van der Waals surface area contributed by atoms with Crippen LogP contribution < -0.4 is 5.56 Å². The molecule has 0 bridgehead atoms. The molecule has 0 atom stereocenters. The van der Waals surface area contributed by atoms with Gasteiger partial charge >= 0.3 is 0 Å². The quantitative estimate of drug-likeness (QED) is 0.555. The Bertz CT molecular complexity index is 703. The van der Waals surface area contributed by atoms with E-state index < -0.39 is 0 Å². The minimum Gasteiger partial charge on any atom is -0.319 e. The molecule has 0 aliphatic rings. The second kappa shape index (κ2) is 2.88. The Kier molecular flexibility index (Phi) is 1.56. The van der Waals surface area contributed by atoms with Crippen LogP contribution in [0.1, 0.15) is 0 Å². The first-order chi connectivity index (χ1) is 7.36. The van der Waals surface area contributed by atoms with Crippen LogP contribution in [-0.2, 0) is 0 Å². The maximum Gasteiger partial charge on any atom is 0.275 e. The molecule has 0 unspecified atom stereocenters. The van der Waals surface area contributed by atoms with E-state index in [2.05, 4.69) is 15.0 Å². The number of aromatic amines is 1. The summed E-state index contributed by atoms with van der Waals surface area (Å²) >= 11 is 0. The number of hydrogen-bond acceptors (Lipinski definition) is 3. The molecule has 3 aromatic rings. The fourth-order valence-corrected chi connectivity index (χ4v) is 1.68. The zero-order chi connectivity index (χ0) is 10.3. The number of hydrogen-bond donors (Lipinski definition) is 1. The van der Waals surface area contributed by atoms with Crippen LogP contribution in [0.15, 0.2) is 41.5 Å². The van der Waals surface area contributed by atoms with Gasteiger partial charge in [-0.05, 0) is 24.3 Å². The van der Waals surface area contributed by atoms with E-state index in [4.69, 9.17) is 0 Å². The molecule has 0 saturated carbocycles. The van der Waals surface area contributed by atoms with Gasteiger partial charge in [0.05, 0.1) is 11.0 Å². The molecule has 0 fully saturated rings. The molecule has 0 aromatic carbocycles. The van der Waals surface area contributed by atoms with E-state index >= 15 is 0 Å². The average molecular weight is 197 g/mol. The highest BCUT2D eigenvalue weighted by molar-refractivity contribution is 6.00. The monoisotopic (exact) mass is 197 g/mol. The van der Waals surface area contributed by atoms with Gasteiger partial charge in [0, 0.05) is 17.8 Å². The van der Waals surface area contributed by atoms with E-state index in [1.54, 1.807) is 24.5 Å². The number of pyridine rings is 3. The third-order valence-corrected chi connectivity index (χ3v) is 2.33. The van der Waals surface area contributed by atoms with E-state index in [1.807, 2.05) is 12.1 Å². The Morgan fingerprint density at radius 3 is 2.60 bits per heavy atom. The van der Waals surface area contributed by atoms with Crippen molar-refractivity contribution in [3.8, 4) is 0 Å². The summed E-state index contributed by atoms with van der Waals surface area (Å²) in [4.78, 5) is 22.7. The Labute approximate surface area is 84.6 Å². The van der Waals surface area contributed by atoms with Gasteiger partial charge in [0.15, 0.2) is 0 Å². The molecule has 0 aliphatic heterocycles. The average Bonchev–Trinajstić information content (AvgIpc) is 2.30. The first kappa shape index (κ1) is 8.11. The zero-order valence-corrected chi connectivity index (χ0v) is 7.77. The molecular formula is C11H7N3O. The van der Waals surface area contributed by atoms with E-state index in [-0.39, 0.29) is 5.56 Å². The highest BCUT2D eigenvalue weighted by Crippen LogP contribution is 2.15. The van der Waals surface area contributed by atoms with Crippen molar-refractivity contribution < 1.29 is 0 Å². The molecule has 0 amide bonds. The van der Waals surface area contributed by atoms with Crippen molar-refractivity contribution >= 4 is 21.9 Å². The summed E-state index contributed by atoms with van der Waals surface area (Å²) in [5, 5.41) is 0.789. The molecule has 72 valence electrons. The topological polar surface area (TPSA) is 58.6 Å². The zero-order valence-electron chi connectivity index (χ0n) is 7.77. The summed E-state index contributed by atoms with van der Waals surface area (Å²) in [5.74, 6) is 0. The van der Waals surface area contributed by atoms with Crippen molar-refractivity contribution in [3.63, 3.8) is 0 Å². The van der Waals surface area contributed by atoms with Crippen molar-refractivity contribution in [2.75, 3.05) is 0 Å². The SMILES string of the molecule is O=c1[nH]c2cccnc2c2cccnc12. The van der Waals surface area contributed by atoms with Crippen molar-refractivity contribution in [3.05, 3.63) is 47.0 Å². The molecule has 4 nitrogen and oxygen atoms in total. The van der Waals surface area contributed by atoms with Crippen molar-refractivity contribution in [1.29, 1.82) is 0 Å². The van der Waals surface area contributed by atoms with Gasteiger partial charge in [-0.25, -0.2) is 0 Å². The lowest BCUT2D eigenvalue weighted by Crippen LogP contribution is -2.08. The van der Waals surface area contributed by atoms with E-state index in [0.717, 1.165) is 16.4 Å². The molecule has 3 aromatic heterocycles. The lowest BCUT2D eigenvalue weighted by molar-refractivity contribution is 1.27. The largest absolute Gasteiger partial charge is 0.319 e. The Morgan fingerprint density at radius 1 is 1.00 bits per heavy atom. The fraction of sp³-hybridized carbons (Fsp3) is 0. The molecule has 0 saturated heterocycles. The number of H-pyrrole nitrogens is 1. The highest BCUT2D eigenvalue weighted by Gasteiger charge is 2.04. The van der Waals surface area contributed by atoms with Crippen LogP contribution in [0.3, 0.4) is 0 Å². The van der Waals surface area contributed by atoms with Gasteiger partial charge < -0.3 is 4.98 Å². The van der Waals surface area contributed by atoms with Gasteiger partial charge in [-0.2, -0.15) is 0 Å². The predicted octanol–water partition coefficient (Wildman–Crippen LogP) is 1.47. The van der Waals surface area contributed by atoms with Crippen LogP contribution in [0.4, 0.5) is 0 Å². The second-order valence-corrected chi connectivity index (χ2v) is 3.25. The first-order valence-electron chi connectivity index (χ1n) is 4.58. The van der Waals surface area contributed by atoms with E-state index in [0.29, 0.717) is 5.52 Å². The number of rotatable bonds is 0. The van der Waals surface area contributed by atoms with E-state index in [1.165, 1.54) is 0 Å². The Hall–Kier alpha value is -2.23. The van der Waals surface area contributed by atoms with Crippen LogP contribution in [0, 0.1) is 0 Å². The van der Waals surface area contributed by atoms with Crippen molar-refractivity contribution in [1.82, 2.24) is 15.0 Å². The Balaban J connectivity index is 2.70. The molecule has 0 aliphatic carbocycles. The predicted molar refractivity (Wildman–Crippen MR) is 57.7 cm³/mol. The van der Waals surface area contributed by atoms with Crippen molar-refractivity contribution in [2.45, 2.75) is 0 Å². The number of fused-ring (bicyclic) bond motifs is 3. The minimum absolute atomic E-state index is 0.175. The summed E-state index contributed by atoms with van der Waals surface area (Å²) in [6.45, 7) is 0. The highest BCUT2D eigenvalue weighted by atomic mass is 16.1. The van der Waals surface area contributed by atoms with Crippen LogP contribution in [0.2, 0.25) is 0 Å². The molecule has 4 heteroatoms. The van der Waals surface area contributed by atoms with Crippen LogP contribution in [0.5, 0.6) is 0 Å². The first-order valence-corrected chi connectivity index (χ1v) is 4.58. The lowest BCUT2D eigenvalue weighted by Gasteiger charge is -2.00. The van der Waals surface area contributed by atoms with Gasteiger partial charge in [0.2, 0.25) is 0 Å². The van der Waals surface area contributed by atoms with Crippen molar-refractivity contribution in [2.24, 2.45) is 0 Å². The normalized spacial score (nSPS) is 10.9. The lowest BCUT2D eigenvalue weighted by atomic mass is 10.2. The van der Waals surface area contributed by atoms with Crippen LogP contribution in [0.25, 0.3) is 21.9 Å². The van der Waals surface area contributed by atoms with Gasteiger partial charge in [-0.1, -0.05) is 0 Å². The van der Waals surface area contributed by atoms with Crippen LogP contribution in [-0.4, -0.2) is 15.0 Å². The summed E-state index contributed by atoms with van der Waals surface area (Å²) in [5.41, 5.74) is 1.78. The molecule has 0 radical (unpaired) electrons. The van der Waals surface area contributed by atoms with Gasteiger partial charge in [-0.3, -0.25) is 14.8 Å². The fourth-order valence-electron chi connectivity index (χ4n) is 1.68. The third kappa shape index (κ3) is 1.11. The molecule has 0 spiro atoms. The second-order valence-electron chi connectivity index (χ2n) is 3.25. The molecule has 1 N–H and O–H groups in total. The minimum atomic E-state index is -0.175. The standard InChI is InChI=1S/C11H7N3O/c15-11-10-7(3-1-5-13-10)9-8(14-11)4-2-6-12-9/h1-6H,(H,14,15). The number of nitrogens with one attached hydrogen (secondary N) is 1. The van der Waals surface area contributed by atoms with Crippen LogP contribution >= 0.6 is 0 Å². The maximum atomic E-state index is 11.6. The molecule has 3 rings (SSSR count). The molecular weight excluding hydrogens is 190 g/mol. The van der Waals surface area contributed by atoms with Gasteiger partial charge in [0.1, 0.15) is 5.52 Å². The molecule has 15 heavy (non-hydrogen) atoms. The van der Waals surface area contributed by atoms with Gasteiger partial charge in [-0.15, -0.1) is 0 Å². The third-order valence-electron chi connectivity index (χ3n) is 2.33. The number of aromatic nitrogens is 3. The molecule has 3 heterocycles. The summed E-state index contributed by atoms with van der Waals surface area (Å²) in [6.07, 6.45) is 3.30. The Morgan fingerprint density at radius 2 is 1.73 bits per heavy atom. The van der Waals surface area contributed by atoms with E-state index in [9.17, 15) is 4.79 Å². The summed E-state index contributed by atoms with van der Waals surface area (Å²) in [7, 11) is 0. The number of nitrogens with zero attached hydrogens (tertiary/aromatic N) is 2. The summed E-state index contributed by atoms with van der Waals surface area (Å²) < 4.78 is 0. The summed E-state index contributed by atoms with van der Waals surface area (Å²) in [6, 6.07) is 7.28. The maximum absolute atomic E-state index is 11.6.